The van der Waals surface area contributed by atoms with Gasteiger partial charge in [0.1, 0.15) is 12.6 Å². The van der Waals surface area contributed by atoms with Gasteiger partial charge in [-0.15, -0.1) is 0 Å². The van der Waals surface area contributed by atoms with Crippen LogP contribution in [-0.4, -0.2) is 50.0 Å². The lowest BCUT2D eigenvalue weighted by Gasteiger charge is -2.34. The molecular formula is C28H29Cl4N3O4S. The van der Waals surface area contributed by atoms with Crippen molar-refractivity contribution in [2.24, 2.45) is 0 Å². The number of sulfonamides is 1. The van der Waals surface area contributed by atoms with E-state index in [-0.39, 0.29) is 45.7 Å². The molecule has 0 fully saturated rings. The number of amides is 2. The van der Waals surface area contributed by atoms with Gasteiger partial charge in [-0.2, -0.15) is 0 Å². The molecule has 0 aliphatic heterocycles. The minimum Gasteiger partial charge on any atom is -0.352 e. The number of benzene rings is 3. The molecule has 0 aliphatic rings. The number of halogens is 4. The van der Waals surface area contributed by atoms with E-state index in [4.69, 9.17) is 46.4 Å². The quantitative estimate of drug-likeness (QED) is 0.251. The van der Waals surface area contributed by atoms with Crippen molar-refractivity contribution in [3.63, 3.8) is 0 Å². The topological polar surface area (TPSA) is 86.8 Å². The fourth-order valence-electron chi connectivity index (χ4n) is 4.06. The molecule has 3 rings (SSSR count). The Balaban J connectivity index is 2.10. The van der Waals surface area contributed by atoms with Crippen molar-refractivity contribution >= 4 is 73.9 Å². The first-order valence-corrected chi connectivity index (χ1v) is 15.6. The fourth-order valence-corrected chi connectivity index (χ4v) is 5.82. The zero-order valence-corrected chi connectivity index (χ0v) is 25.9. The van der Waals surface area contributed by atoms with Gasteiger partial charge in [-0.3, -0.25) is 13.9 Å². The Labute approximate surface area is 255 Å². The summed E-state index contributed by atoms with van der Waals surface area (Å²) in [6, 6.07) is 17.6. The van der Waals surface area contributed by atoms with Crippen LogP contribution in [0.15, 0.2) is 66.7 Å². The molecule has 214 valence electrons. The van der Waals surface area contributed by atoms with E-state index >= 15 is 0 Å². The number of hydrogen-bond acceptors (Lipinski definition) is 4. The number of nitrogens with zero attached hydrogens (tertiary/aromatic N) is 2. The summed E-state index contributed by atoms with van der Waals surface area (Å²) in [6.45, 7) is 2.99. The normalized spacial score (nSPS) is 12.2. The van der Waals surface area contributed by atoms with Gasteiger partial charge < -0.3 is 10.2 Å². The van der Waals surface area contributed by atoms with Gasteiger partial charge in [0, 0.05) is 24.0 Å². The molecule has 12 heteroatoms. The summed E-state index contributed by atoms with van der Waals surface area (Å²) in [4.78, 5) is 28.9. The lowest BCUT2D eigenvalue weighted by Crippen LogP contribution is -2.54. The Morgan fingerprint density at radius 1 is 0.850 bits per heavy atom. The second-order valence-electron chi connectivity index (χ2n) is 9.51. The molecule has 0 saturated carbocycles. The minimum absolute atomic E-state index is 0.00484. The summed E-state index contributed by atoms with van der Waals surface area (Å²) in [6.07, 6.45) is 1.14. The standard InChI is InChI=1S/C28H29Cl4N3O4S/c1-18(2)33-28(37)26(13-19-8-5-4-6-9-19)34(16-20-10-7-11-21(29)12-20)27(36)17-35(40(3,38)39)25-15-23(31)22(30)14-24(25)32/h4-12,14-15,18,26H,13,16-17H2,1-3H3,(H,33,37). The molecule has 0 radical (unpaired) electrons. The molecule has 0 heterocycles. The van der Waals surface area contributed by atoms with Crippen LogP contribution in [0.1, 0.15) is 25.0 Å². The van der Waals surface area contributed by atoms with E-state index in [1.54, 1.807) is 24.3 Å². The summed E-state index contributed by atoms with van der Waals surface area (Å²) < 4.78 is 26.7. The Hall–Kier alpha value is -2.49. The van der Waals surface area contributed by atoms with Gasteiger partial charge in [-0.05, 0) is 49.2 Å². The molecule has 7 nitrogen and oxygen atoms in total. The van der Waals surface area contributed by atoms with Gasteiger partial charge in [-0.25, -0.2) is 8.42 Å². The highest BCUT2D eigenvalue weighted by molar-refractivity contribution is 7.92. The molecule has 0 spiro atoms. The molecule has 2 amide bonds. The van der Waals surface area contributed by atoms with Gasteiger partial charge in [0.15, 0.2) is 0 Å². The highest BCUT2D eigenvalue weighted by Crippen LogP contribution is 2.35. The molecule has 1 N–H and O–H groups in total. The SMILES string of the molecule is CC(C)NC(=O)C(Cc1ccccc1)N(Cc1cccc(Cl)c1)C(=O)CN(c1cc(Cl)c(Cl)cc1Cl)S(C)(=O)=O. The van der Waals surface area contributed by atoms with E-state index in [1.165, 1.54) is 17.0 Å². The number of rotatable bonds is 11. The van der Waals surface area contributed by atoms with Crippen molar-refractivity contribution in [1.82, 2.24) is 10.2 Å². The Bertz CT molecular complexity index is 1470. The molecule has 0 aromatic heterocycles. The summed E-state index contributed by atoms with van der Waals surface area (Å²) in [5, 5.41) is 3.53. The van der Waals surface area contributed by atoms with Gasteiger partial charge >= 0.3 is 0 Å². The van der Waals surface area contributed by atoms with E-state index in [0.717, 1.165) is 16.1 Å². The summed E-state index contributed by atoms with van der Waals surface area (Å²) in [5.74, 6) is -1.01. The second-order valence-corrected chi connectivity index (χ2v) is 13.1. The van der Waals surface area contributed by atoms with Crippen LogP contribution in [-0.2, 0) is 32.6 Å². The highest BCUT2D eigenvalue weighted by atomic mass is 35.5. The zero-order valence-electron chi connectivity index (χ0n) is 22.1. The van der Waals surface area contributed by atoms with Gasteiger partial charge in [0.25, 0.3) is 0 Å². The largest absolute Gasteiger partial charge is 0.352 e. The number of anilines is 1. The van der Waals surface area contributed by atoms with Crippen LogP contribution in [0.2, 0.25) is 20.1 Å². The molecular weight excluding hydrogens is 616 g/mol. The van der Waals surface area contributed by atoms with E-state index in [0.29, 0.717) is 10.6 Å². The van der Waals surface area contributed by atoms with Crippen molar-refractivity contribution in [3.05, 3.63) is 97.9 Å². The maximum absolute atomic E-state index is 14.1. The van der Waals surface area contributed by atoms with Crippen LogP contribution in [0.4, 0.5) is 5.69 Å². The molecule has 0 bridgehead atoms. The molecule has 0 aliphatic carbocycles. The Kier molecular flexibility index (Phi) is 11.1. The lowest BCUT2D eigenvalue weighted by molar-refractivity contribution is -0.140. The molecule has 3 aromatic rings. The third-order valence-electron chi connectivity index (χ3n) is 5.88. The van der Waals surface area contributed by atoms with E-state index in [1.807, 2.05) is 44.2 Å². The van der Waals surface area contributed by atoms with Crippen LogP contribution >= 0.6 is 46.4 Å². The van der Waals surface area contributed by atoms with E-state index in [2.05, 4.69) is 5.32 Å². The van der Waals surface area contributed by atoms with Crippen LogP contribution in [0.3, 0.4) is 0 Å². The first kappa shape index (κ1) is 32.0. The van der Waals surface area contributed by atoms with Gasteiger partial charge in [0.05, 0.1) is 27.0 Å². The first-order chi connectivity index (χ1) is 18.8. The predicted octanol–water partition coefficient (Wildman–Crippen LogP) is 6.23. The maximum Gasteiger partial charge on any atom is 0.244 e. The lowest BCUT2D eigenvalue weighted by atomic mass is 10.0. The summed E-state index contributed by atoms with van der Waals surface area (Å²) in [5.41, 5.74) is 1.47. The average molecular weight is 645 g/mol. The molecule has 1 unspecified atom stereocenters. The van der Waals surface area contributed by atoms with Gasteiger partial charge in [-0.1, -0.05) is 88.9 Å². The molecule has 3 aromatic carbocycles. The Morgan fingerprint density at radius 3 is 2.08 bits per heavy atom. The fraction of sp³-hybridized carbons (Fsp3) is 0.286. The maximum atomic E-state index is 14.1. The van der Waals surface area contributed by atoms with Gasteiger partial charge in [0.2, 0.25) is 21.8 Å². The third-order valence-corrected chi connectivity index (χ3v) is 8.27. The van der Waals surface area contributed by atoms with Crippen molar-refractivity contribution in [2.45, 2.75) is 38.9 Å². The number of carbonyl (C=O) groups is 2. The number of hydrogen-bond donors (Lipinski definition) is 1. The number of carbonyl (C=O) groups excluding carboxylic acids is 2. The predicted molar refractivity (Wildman–Crippen MR) is 163 cm³/mol. The van der Waals surface area contributed by atoms with Crippen LogP contribution < -0.4 is 9.62 Å². The second kappa shape index (κ2) is 13.9. The van der Waals surface area contributed by atoms with Crippen molar-refractivity contribution < 1.29 is 18.0 Å². The summed E-state index contributed by atoms with van der Waals surface area (Å²) >= 11 is 24.8. The third kappa shape index (κ3) is 8.75. The van der Waals surface area contributed by atoms with E-state index in [9.17, 15) is 18.0 Å². The van der Waals surface area contributed by atoms with E-state index < -0.39 is 28.5 Å². The summed E-state index contributed by atoms with van der Waals surface area (Å²) in [7, 11) is -4.02. The highest BCUT2D eigenvalue weighted by Gasteiger charge is 2.34. The molecule has 40 heavy (non-hydrogen) atoms. The van der Waals surface area contributed by atoms with Crippen molar-refractivity contribution in [3.8, 4) is 0 Å². The molecule has 0 saturated heterocycles. The Morgan fingerprint density at radius 2 is 1.48 bits per heavy atom. The van der Waals surface area contributed by atoms with Crippen LogP contribution in [0, 0.1) is 0 Å². The van der Waals surface area contributed by atoms with Crippen LogP contribution in [0.5, 0.6) is 0 Å². The number of nitrogens with one attached hydrogen (secondary N) is 1. The van der Waals surface area contributed by atoms with Crippen molar-refractivity contribution in [1.29, 1.82) is 0 Å². The van der Waals surface area contributed by atoms with Crippen molar-refractivity contribution in [2.75, 3.05) is 17.1 Å². The molecule has 1 atom stereocenters. The average Bonchev–Trinajstić information content (AvgIpc) is 2.86. The minimum atomic E-state index is -4.02. The first-order valence-electron chi connectivity index (χ1n) is 12.3. The zero-order chi connectivity index (χ0) is 29.6. The monoisotopic (exact) mass is 643 g/mol. The smallest absolute Gasteiger partial charge is 0.244 e. The van der Waals surface area contributed by atoms with Crippen LogP contribution in [0.25, 0.3) is 0 Å².